The number of methoxy groups -OCH3 is 2. The average Bonchev–Trinajstić information content (AvgIpc) is 3.15. The smallest absolute Gasteiger partial charge is 0.141 e. The molecule has 0 saturated carbocycles. The van der Waals surface area contributed by atoms with Crippen molar-refractivity contribution in [1.29, 1.82) is 0 Å². The van der Waals surface area contributed by atoms with Crippen LogP contribution in [-0.2, 0) is 11.2 Å². The van der Waals surface area contributed by atoms with Gasteiger partial charge in [0.05, 0.1) is 31.5 Å². The molecule has 1 fully saturated rings. The highest BCUT2D eigenvalue weighted by atomic mass is 35.5. The van der Waals surface area contributed by atoms with Crippen molar-refractivity contribution in [2.45, 2.75) is 38.4 Å². The molecule has 1 saturated heterocycles. The van der Waals surface area contributed by atoms with Gasteiger partial charge in [-0.05, 0) is 30.9 Å². The molecule has 1 heterocycles. The second-order valence-corrected chi connectivity index (χ2v) is 4.87. The zero-order valence-electron chi connectivity index (χ0n) is 11.0. The standard InChI is InChI=1S/C14H19ClO3/c1-4-11-12(18-11)6-5-9-7-10(15)14(17-3)8-13(9)16-2/h7-8,11-12H,4-6H2,1-3H3. The first-order valence-electron chi connectivity index (χ1n) is 6.25. The van der Waals surface area contributed by atoms with E-state index in [4.69, 9.17) is 25.8 Å². The van der Waals surface area contributed by atoms with Crippen LogP contribution < -0.4 is 9.47 Å². The van der Waals surface area contributed by atoms with Crippen molar-refractivity contribution in [1.82, 2.24) is 0 Å². The first-order valence-corrected chi connectivity index (χ1v) is 6.63. The third-order valence-corrected chi connectivity index (χ3v) is 3.64. The monoisotopic (exact) mass is 270 g/mol. The minimum absolute atomic E-state index is 0.403. The molecule has 0 aromatic heterocycles. The molecular formula is C14H19ClO3. The summed E-state index contributed by atoms with van der Waals surface area (Å²) < 4.78 is 16.1. The van der Waals surface area contributed by atoms with E-state index in [2.05, 4.69) is 6.92 Å². The van der Waals surface area contributed by atoms with E-state index < -0.39 is 0 Å². The summed E-state index contributed by atoms with van der Waals surface area (Å²) in [6.45, 7) is 2.15. The van der Waals surface area contributed by atoms with Gasteiger partial charge in [-0.25, -0.2) is 0 Å². The van der Waals surface area contributed by atoms with Gasteiger partial charge in [0.1, 0.15) is 11.5 Å². The molecule has 0 amide bonds. The lowest BCUT2D eigenvalue weighted by atomic mass is 10.0. The van der Waals surface area contributed by atoms with Crippen molar-refractivity contribution < 1.29 is 14.2 Å². The summed E-state index contributed by atoms with van der Waals surface area (Å²) >= 11 is 6.13. The topological polar surface area (TPSA) is 31.0 Å². The van der Waals surface area contributed by atoms with E-state index in [1.54, 1.807) is 14.2 Å². The minimum Gasteiger partial charge on any atom is -0.496 e. The summed E-state index contributed by atoms with van der Waals surface area (Å²) in [7, 11) is 3.26. The van der Waals surface area contributed by atoms with E-state index in [1.165, 1.54) is 0 Å². The van der Waals surface area contributed by atoms with Gasteiger partial charge in [0, 0.05) is 6.07 Å². The maximum absolute atomic E-state index is 6.13. The normalized spacial score (nSPS) is 21.8. The highest BCUT2D eigenvalue weighted by Crippen LogP contribution is 2.35. The first-order chi connectivity index (χ1) is 8.69. The molecule has 1 aromatic carbocycles. The van der Waals surface area contributed by atoms with Crippen LogP contribution in [0.1, 0.15) is 25.3 Å². The van der Waals surface area contributed by atoms with E-state index >= 15 is 0 Å². The van der Waals surface area contributed by atoms with Gasteiger partial charge < -0.3 is 14.2 Å². The molecule has 100 valence electrons. The predicted octanol–water partition coefficient (Wildman–Crippen LogP) is 3.47. The molecular weight excluding hydrogens is 252 g/mol. The number of ether oxygens (including phenoxy) is 3. The fourth-order valence-corrected chi connectivity index (χ4v) is 2.47. The molecule has 1 aliphatic heterocycles. The van der Waals surface area contributed by atoms with Crippen LogP contribution in [0.15, 0.2) is 12.1 Å². The van der Waals surface area contributed by atoms with E-state index in [-0.39, 0.29) is 0 Å². The number of benzene rings is 1. The van der Waals surface area contributed by atoms with Gasteiger partial charge in [-0.3, -0.25) is 0 Å². The van der Waals surface area contributed by atoms with E-state index in [0.29, 0.717) is 23.0 Å². The minimum atomic E-state index is 0.403. The Morgan fingerprint density at radius 3 is 2.44 bits per heavy atom. The second-order valence-electron chi connectivity index (χ2n) is 4.46. The fraction of sp³-hybridized carbons (Fsp3) is 0.571. The van der Waals surface area contributed by atoms with Crippen molar-refractivity contribution >= 4 is 11.6 Å². The molecule has 0 aliphatic carbocycles. The highest BCUT2D eigenvalue weighted by Gasteiger charge is 2.36. The van der Waals surface area contributed by atoms with Crippen LogP contribution in [0.3, 0.4) is 0 Å². The molecule has 0 N–H and O–H groups in total. The third-order valence-electron chi connectivity index (χ3n) is 3.34. The van der Waals surface area contributed by atoms with Crippen LogP contribution in [0.2, 0.25) is 5.02 Å². The zero-order valence-corrected chi connectivity index (χ0v) is 11.8. The number of epoxide rings is 1. The number of hydrogen-bond acceptors (Lipinski definition) is 3. The van der Waals surface area contributed by atoms with Crippen LogP contribution in [-0.4, -0.2) is 26.4 Å². The molecule has 1 aromatic rings. The molecule has 1 aliphatic rings. The second kappa shape index (κ2) is 5.81. The summed E-state index contributed by atoms with van der Waals surface area (Å²) in [5.41, 5.74) is 1.11. The Labute approximate surface area is 113 Å². The lowest BCUT2D eigenvalue weighted by Crippen LogP contribution is -1.99. The lowest BCUT2D eigenvalue weighted by molar-refractivity contribution is 0.358. The molecule has 18 heavy (non-hydrogen) atoms. The molecule has 0 spiro atoms. The average molecular weight is 271 g/mol. The molecule has 0 radical (unpaired) electrons. The van der Waals surface area contributed by atoms with Crippen LogP contribution in [0.25, 0.3) is 0 Å². The van der Waals surface area contributed by atoms with Gasteiger partial charge in [0.2, 0.25) is 0 Å². The molecule has 4 heteroatoms. The van der Waals surface area contributed by atoms with Gasteiger partial charge >= 0.3 is 0 Å². The van der Waals surface area contributed by atoms with Crippen molar-refractivity contribution in [2.75, 3.05) is 14.2 Å². The summed E-state index contributed by atoms with van der Waals surface area (Å²) in [4.78, 5) is 0. The molecule has 3 nitrogen and oxygen atoms in total. The highest BCUT2D eigenvalue weighted by molar-refractivity contribution is 6.32. The van der Waals surface area contributed by atoms with Crippen LogP contribution in [0.5, 0.6) is 11.5 Å². The Morgan fingerprint density at radius 1 is 1.17 bits per heavy atom. The zero-order chi connectivity index (χ0) is 13.1. The SMILES string of the molecule is CCC1OC1CCc1cc(Cl)c(OC)cc1OC. The number of halogens is 1. The van der Waals surface area contributed by atoms with Crippen molar-refractivity contribution in [2.24, 2.45) is 0 Å². The molecule has 0 bridgehead atoms. The Bertz CT molecular complexity index is 420. The van der Waals surface area contributed by atoms with Crippen molar-refractivity contribution in [3.8, 4) is 11.5 Å². The summed E-state index contributed by atoms with van der Waals surface area (Å²) in [6, 6.07) is 3.76. The summed E-state index contributed by atoms with van der Waals surface area (Å²) in [5.74, 6) is 1.47. The number of rotatable bonds is 6. The quantitative estimate of drug-likeness (QED) is 0.742. The largest absolute Gasteiger partial charge is 0.496 e. The van der Waals surface area contributed by atoms with Gasteiger partial charge in [0.15, 0.2) is 0 Å². The summed E-state index contributed by atoms with van der Waals surface area (Å²) in [5, 5.41) is 0.622. The Morgan fingerprint density at radius 2 is 1.89 bits per heavy atom. The van der Waals surface area contributed by atoms with Crippen molar-refractivity contribution in [3.05, 3.63) is 22.7 Å². The van der Waals surface area contributed by atoms with Crippen LogP contribution >= 0.6 is 11.6 Å². The number of hydrogen-bond donors (Lipinski definition) is 0. The number of aryl methyl sites for hydroxylation is 1. The van der Waals surface area contributed by atoms with Gasteiger partial charge in [-0.2, -0.15) is 0 Å². The molecule has 2 atom stereocenters. The van der Waals surface area contributed by atoms with E-state index in [0.717, 1.165) is 30.6 Å². The predicted molar refractivity (Wildman–Crippen MR) is 71.8 cm³/mol. The Kier molecular flexibility index (Phi) is 4.36. The molecule has 2 rings (SSSR count). The van der Waals surface area contributed by atoms with Gasteiger partial charge in [-0.15, -0.1) is 0 Å². The van der Waals surface area contributed by atoms with E-state index in [1.807, 2.05) is 12.1 Å². The van der Waals surface area contributed by atoms with Crippen LogP contribution in [0, 0.1) is 0 Å². The van der Waals surface area contributed by atoms with Crippen LogP contribution in [0.4, 0.5) is 0 Å². The molecule has 2 unspecified atom stereocenters. The first kappa shape index (κ1) is 13.5. The van der Waals surface area contributed by atoms with E-state index in [9.17, 15) is 0 Å². The fourth-order valence-electron chi connectivity index (χ4n) is 2.21. The van der Waals surface area contributed by atoms with Gasteiger partial charge in [-0.1, -0.05) is 18.5 Å². The Hall–Kier alpha value is -0.930. The maximum atomic E-state index is 6.13. The third kappa shape index (κ3) is 2.90. The maximum Gasteiger partial charge on any atom is 0.141 e. The van der Waals surface area contributed by atoms with Gasteiger partial charge in [0.25, 0.3) is 0 Å². The van der Waals surface area contributed by atoms with Crippen molar-refractivity contribution in [3.63, 3.8) is 0 Å². The summed E-state index contributed by atoms with van der Waals surface area (Å²) in [6.07, 6.45) is 3.86. The Balaban J connectivity index is 2.04. The lowest BCUT2D eigenvalue weighted by Gasteiger charge is -2.11.